The maximum Gasteiger partial charge on any atom is 0.419 e. The van der Waals surface area contributed by atoms with Crippen molar-refractivity contribution < 1.29 is 40.7 Å². The highest BCUT2D eigenvalue weighted by Gasteiger charge is 2.40. The molecule has 1 aliphatic rings. The highest BCUT2D eigenvalue weighted by atomic mass is 32.2. The molecule has 1 fully saturated rings. The zero-order chi connectivity index (χ0) is 27.0. The molecule has 1 aliphatic heterocycles. The third-order valence-corrected chi connectivity index (χ3v) is 8.03. The fourth-order valence-corrected chi connectivity index (χ4v) is 6.50. The smallest absolute Gasteiger partial charge is 0.419 e. The molecule has 0 bridgehead atoms. The Morgan fingerprint density at radius 2 is 1.61 bits per heavy atom. The van der Waals surface area contributed by atoms with E-state index in [-0.39, 0.29) is 36.4 Å². The van der Waals surface area contributed by atoms with Crippen LogP contribution in [0.2, 0.25) is 0 Å². The summed E-state index contributed by atoms with van der Waals surface area (Å²) in [6.07, 6.45) is -5.51. The van der Waals surface area contributed by atoms with E-state index in [2.05, 4.69) is 0 Å². The summed E-state index contributed by atoms with van der Waals surface area (Å²) in [7, 11) is -4.03. The summed E-state index contributed by atoms with van der Waals surface area (Å²) in [4.78, 5) is 25.3. The number of piperazine rings is 1. The van der Waals surface area contributed by atoms with Gasteiger partial charge < -0.3 is 10.0 Å². The van der Waals surface area contributed by atoms with Gasteiger partial charge in [-0.3, -0.25) is 9.59 Å². The molecule has 3 rings (SSSR count). The first-order valence-electron chi connectivity index (χ1n) is 11.1. The average molecular weight is 531 g/mol. The van der Waals surface area contributed by atoms with Gasteiger partial charge in [-0.1, -0.05) is 12.1 Å². The molecule has 0 saturated carbocycles. The highest BCUT2D eigenvalue weighted by Crippen LogP contribution is 2.32. The van der Waals surface area contributed by atoms with E-state index in [1.54, 1.807) is 26.8 Å². The number of hydrogen-bond donors (Lipinski definition) is 1. The predicted molar refractivity (Wildman–Crippen MR) is 122 cm³/mol. The van der Waals surface area contributed by atoms with Crippen LogP contribution in [0.25, 0.3) is 0 Å². The Kier molecular flexibility index (Phi) is 7.80. The third kappa shape index (κ3) is 6.04. The molecule has 36 heavy (non-hydrogen) atoms. The van der Waals surface area contributed by atoms with Crippen molar-refractivity contribution in [1.82, 2.24) is 9.21 Å². The summed E-state index contributed by atoms with van der Waals surface area (Å²) < 4.78 is 80.4. The number of amides is 1. The van der Waals surface area contributed by atoms with Gasteiger partial charge in [0.2, 0.25) is 15.9 Å². The van der Waals surface area contributed by atoms with Gasteiger partial charge in [0.25, 0.3) is 0 Å². The monoisotopic (exact) mass is 530 g/mol. The zero-order valence-corrected chi connectivity index (χ0v) is 20.7. The molecule has 0 spiro atoms. The van der Waals surface area contributed by atoms with E-state index in [9.17, 15) is 35.6 Å². The summed E-state index contributed by atoms with van der Waals surface area (Å²) in [5.74, 6) is -3.03. The number of hydrogen-bond acceptors (Lipinski definition) is 4. The van der Waals surface area contributed by atoms with E-state index >= 15 is 0 Å². The summed E-state index contributed by atoms with van der Waals surface area (Å²) in [6, 6.07) is 5.41. The largest absolute Gasteiger partial charge is 0.481 e. The lowest BCUT2D eigenvalue weighted by molar-refractivity contribution is -0.140. The second kappa shape index (κ2) is 10.2. The zero-order valence-electron chi connectivity index (χ0n) is 19.8. The summed E-state index contributed by atoms with van der Waals surface area (Å²) in [5, 5.41) is 9.07. The van der Waals surface area contributed by atoms with Crippen LogP contribution >= 0.6 is 0 Å². The van der Waals surface area contributed by atoms with Gasteiger partial charge in [0.1, 0.15) is 5.82 Å². The van der Waals surface area contributed by atoms with Gasteiger partial charge in [-0.05, 0) is 61.7 Å². The minimum absolute atomic E-state index is 0.0271. The maximum atomic E-state index is 13.9. The standard InChI is InChI=1S/C24H26F4N2O5S/c1-14-6-18(11-23(32)33)8-19(7-14)36(34,35)30-15(2)12-29(13-16(30)3)22(31)10-17-4-5-20(21(25)9-17)24(26,27)28/h4-9,15-16H,10-13H2,1-3H3,(H,32,33). The number of benzene rings is 2. The van der Waals surface area contributed by atoms with E-state index in [0.29, 0.717) is 23.3 Å². The lowest BCUT2D eigenvalue weighted by atomic mass is 10.1. The molecule has 1 saturated heterocycles. The molecule has 2 atom stereocenters. The molecule has 12 heteroatoms. The van der Waals surface area contributed by atoms with Crippen molar-refractivity contribution in [3.63, 3.8) is 0 Å². The number of alkyl halides is 3. The Morgan fingerprint density at radius 3 is 2.14 bits per heavy atom. The molecule has 1 amide bonds. The van der Waals surface area contributed by atoms with Gasteiger partial charge in [-0.2, -0.15) is 17.5 Å². The molecule has 2 aromatic rings. The first-order chi connectivity index (χ1) is 16.6. The topological polar surface area (TPSA) is 95.0 Å². The van der Waals surface area contributed by atoms with E-state index < -0.39 is 51.5 Å². The molecule has 1 N–H and O–H groups in total. The van der Waals surface area contributed by atoms with E-state index in [0.717, 1.165) is 6.07 Å². The van der Waals surface area contributed by atoms with Crippen molar-refractivity contribution >= 4 is 21.9 Å². The van der Waals surface area contributed by atoms with Gasteiger partial charge in [-0.25, -0.2) is 12.8 Å². The molecule has 7 nitrogen and oxygen atoms in total. The number of aliphatic carboxylic acids is 1. The maximum absolute atomic E-state index is 13.9. The number of sulfonamides is 1. The normalized spacial score (nSPS) is 19.4. The minimum Gasteiger partial charge on any atom is -0.481 e. The van der Waals surface area contributed by atoms with Crippen molar-refractivity contribution in [2.75, 3.05) is 13.1 Å². The van der Waals surface area contributed by atoms with Gasteiger partial charge in [-0.15, -0.1) is 0 Å². The number of carbonyl (C=O) groups is 2. The molecule has 0 aromatic heterocycles. The highest BCUT2D eigenvalue weighted by molar-refractivity contribution is 7.89. The number of rotatable bonds is 6. The van der Waals surface area contributed by atoms with E-state index in [1.165, 1.54) is 21.3 Å². The Hall–Kier alpha value is -2.99. The molecular formula is C24H26F4N2O5S. The van der Waals surface area contributed by atoms with Crippen LogP contribution in [0.1, 0.15) is 36.1 Å². The van der Waals surface area contributed by atoms with Crippen LogP contribution in [0.5, 0.6) is 0 Å². The van der Waals surface area contributed by atoms with Gasteiger partial charge in [0.05, 0.1) is 23.3 Å². The summed E-state index contributed by atoms with van der Waals surface area (Å²) in [5.41, 5.74) is -0.404. The molecule has 1 heterocycles. The molecule has 2 unspecified atom stereocenters. The van der Waals surface area contributed by atoms with Crippen LogP contribution in [-0.4, -0.2) is 59.8 Å². The fourth-order valence-electron chi connectivity index (χ4n) is 4.54. The van der Waals surface area contributed by atoms with Crippen LogP contribution < -0.4 is 0 Å². The molecule has 2 aromatic carbocycles. The number of carbonyl (C=O) groups excluding carboxylic acids is 1. The van der Waals surface area contributed by atoms with Gasteiger partial charge in [0.15, 0.2) is 0 Å². The second-order valence-corrected chi connectivity index (χ2v) is 10.9. The quantitative estimate of drug-likeness (QED) is 0.576. The number of nitrogens with zero attached hydrogens (tertiary/aromatic N) is 2. The third-order valence-electron chi connectivity index (χ3n) is 5.93. The van der Waals surface area contributed by atoms with Crippen molar-refractivity contribution in [1.29, 1.82) is 0 Å². The second-order valence-electron chi connectivity index (χ2n) is 9.05. The van der Waals surface area contributed by atoms with Crippen LogP contribution in [0.15, 0.2) is 41.3 Å². The number of carboxylic acids is 1. The lowest BCUT2D eigenvalue weighted by Gasteiger charge is -2.43. The van der Waals surface area contributed by atoms with Crippen LogP contribution in [-0.2, 0) is 38.6 Å². The van der Waals surface area contributed by atoms with Crippen molar-refractivity contribution in [3.05, 3.63) is 64.5 Å². The predicted octanol–water partition coefficient (Wildman–Crippen LogP) is 3.63. The first kappa shape index (κ1) is 27.6. The molecule has 0 radical (unpaired) electrons. The Morgan fingerprint density at radius 1 is 1.00 bits per heavy atom. The summed E-state index contributed by atoms with van der Waals surface area (Å²) >= 11 is 0. The number of halogens is 4. The Balaban J connectivity index is 1.77. The van der Waals surface area contributed by atoms with Crippen LogP contribution in [0.4, 0.5) is 17.6 Å². The Bertz CT molecular complexity index is 1270. The number of aryl methyl sites for hydroxylation is 1. The van der Waals surface area contributed by atoms with E-state index in [4.69, 9.17) is 5.11 Å². The number of carboxylic acid groups (broad SMARTS) is 1. The average Bonchev–Trinajstić information content (AvgIpc) is 2.71. The summed E-state index contributed by atoms with van der Waals surface area (Å²) in [6.45, 7) is 4.97. The minimum atomic E-state index is -4.84. The Labute approximate surface area is 206 Å². The van der Waals surface area contributed by atoms with Crippen LogP contribution in [0, 0.1) is 12.7 Å². The SMILES string of the molecule is Cc1cc(CC(=O)O)cc(S(=O)(=O)N2C(C)CN(C(=O)Cc3ccc(C(F)(F)F)c(F)c3)CC2C)c1. The van der Waals surface area contributed by atoms with Crippen molar-refractivity contribution in [2.45, 2.75) is 56.8 Å². The molecule has 0 aliphatic carbocycles. The lowest BCUT2D eigenvalue weighted by Crippen LogP contribution is -2.59. The molecule has 196 valence electrons. The van der Waals surface area contributed by atoms with E-state index in [1.807, 2.05) is 0 Å². The van der Waals surface area contributed by atoms with Gasteiger partial charge >= 0.3 is 12.1 Å². The van der Waals surface area contributed by atoms with Crippen molar-refractivity contribution in [3.8, 4) is 0 Å². The van der Waals surface area contributed by atoms with Crippen LogP contribution in [0.3, 0.4) is 0 Å². The fraction of sp³-hybridized carbons (Fsp3) is 0.417. The van der Waals surface area contributed by atoms with Crippen molar-refractivity contribution in [2.24, 2.45) is 0 Å². The first-order valence-corrected chi connectivity index (χ1v) is 12.5. The molecular weight excluding hydrogens is 504 g/mol. The van der Waals surface area contributed by atoms with Gasteiger partial charge in [0, 0.05) is 25.2 Å².